The summed E-state index contributed by atoms with van der Waals surface area (Å²) in [5.74, 6) is 0. The average Bonchev–Trinajstić information content (AvgIpc) is 2.11. The number of aliphatic hydroxyl groups is 3. The Morgan fingerprint density at radius 1 is 1.21 bits per heavy atom. The molecule has 0 amide bonds. The highest BCUT2D eigenvalue weighted by atomic mass is 16.5. The van der Waals surface area contributed by atoms with Crippen molar-refractivity contribution in [2.24, 2.45) is 0 Å². The smallest absolute Gasteiger partial charge is 0.108 e. The lowest BCUT2D eigenvalue weighted by Gasteiger charge is -2.44. The fourth-order valence-corrected chi connectivity index (χ4v) is 1.90. The molecule has 0 aromatic rings. The minimum atomic E-state index is -0.860. The minimum Gasteiger partial charge on any atom is -0.394 e. The summed E-state index contributed by atoms with van der Waals surface area (Å²) in [6.07, 6.45) is -2.58. The van der Waals surface area contributed by atoms with E-state index < -0.39 is 24.4 Å². The lowest BCUT2D eigenvalue weighted by Crippen LogP contribution is -2.62. The van der Waals surface area contributed by atoms with Gasteiger partial charge in [-0.25, -0.2) is 0 Å². The zero-order valence-electron chi connectivity index (χ0n) is 8.79. The van der Waals surface area contributed by atoms with Crippen LogP contribution >= 0.6 is 0 Å². The molecule has 0 aromatic heterocycles. The van der Waals surface area contributed by atoms with Crippen molar-refractivity contribution >= 4 is 0 Å². The second-order valence-electron chi connectivity index (χ2n) is 4.00. The molecule has 1 saturated heterocycles. The van der Waals surface area contributed by atoms with Crippen LogP contribution in [-0.2, 0) is 4.74 Å². The van der Waals surface area contributed by atoms with Crippen molar-refractivity contribution in [1.29, 1.82) is 0 Å². The van der Waals surface area contributed by atoms with Crippen LogP contribution in [0.15, 0.2) is 0 Å². The normalized spacial score (nSPS) is 44.4. The molecule has 0 spiro atoms. The van der Waals surface area contributed by atoms with Crippen molar-refractivity contribution in [2.75, 3.05) is 20.7 Å². The molecule has 5 atom stereocenters. The fraction of sp³-hybridized carbons (Fsp3) is 1.00. The highest BCUT2D eigenvalue weighted by molar-refractivity contribution is 4.94. The molecule has 1 rings (SSSR count). The fourth-order valence-electron chi connectivity index (χ4n) is 1.90. The van der Waals surface area contributed by atoms with Crippen LogP contribution in [0.3, 0.4) is 0 Å². The molecule has 3 unspecified atom stereocenters. The van der Waals surface area contributed by atoms with E-state index in [1.54, 1.807) is 25.9 Å². The molecule has 84 valence electrons. The molecule has 3 N–H and O–H groups in total. The average molecular weight is 205 g/mol. The van der Waals surface area contributed by atoms with Gasteiger partial charge in [0.15, 0.2) is 0 Å². The maximum atomic E-state index is 9.80. The summed E-state index contributed by atoms with van der Waals surface area (Å²) in [4.78, 5) is 1.75. The molecular weight excluding hydrogens is 186 g/mol. The van der Waals surface area contributed by atoms with E-state index in [2.05, 4.69) is 0 Å². The second-order valence-corrected chi connectivity index (χ2v) is 4.00. The van der Waals surface area contributed by atoms with Gasteiger partial charge in [-0.1, -0.05) is 0 Å². The predicted molar refractivity (Wildman–Crippen MR) is 50.9 cm³/mol. The van der Waals surface area contributed by atoms with Crippen LogP contribution in [0.2, 0.25) is 0 Å². The number of likely N-dealkylation sites (N-methyl/N-ethyl adjacent to an activating group) is 1. The quantitative estimate of drug-likeness (QED) is 0.507. The van der Waals surface area contributed by atoms with E-state index in [0.29, 0.717) is 0 Å². The zero-order valence-corrected chi connectivity index (χ0v) is 8.79. The van der Waals surface area contributed by atoms with Crippen molar-refractivity contribution in [2.45, 2.75) is 37.4 Å². The molecule has 5 nitrogen and oxygen atoms in total. The molecule has 5 heteroatoms. The maximum absolute atomic E-state index is 9.80. The Balaban J connectivity index is 2.78. The lowest BCUT2D eigenvalue weighted by molar-refractivity contribution is -0.204. The van der Waals surface area contributed by atoms with Gasteiger partial charge in [-0.2, -0.15) is 0 Å². The first-order chi connectivity index (χ1) is 6.49. The van der Waals surface area contributed by atoms with Crippen LogP contribution < -0.4 is 0 Å². The van der Waals surface area contributed by atoms with E-state index in [1.807, 2.05) is 0 Å². The van der Waals surface area contributed by atoms with Crippen molar-refractivity contribution < 1.29 is 20.1 Å². The number of aliphatic hydroxyl groups excluding tert-OH is 3. The Morgan fingerprint density at radius 2 is 1.79 bits per heavy atom. The monoisotopic (exact) mass is 205 g/mol. The number of nitrogens with zero attached hydrogens (tertiary/aromatic N) is 1. The van der Waals surface area contributed by atoms with Crippen molar-refractivity contribution in [3.05, 3.63) is 0 Å². The van der Waals surface area contributed by atoms with Crippen LogP contribution in [0, 0.1) is 0 Å². The molecule has 0 radical (unpaired) electrons. The summed E-state index contributed by atoms with van der Waals surface area (Å²) < 4.78 is 5.26. The topological polar surface area (TPSA) is 73.2 Å². The third-order valence-corrected chi connectivity index (χ3v) is 2.73. The molecule has 1 aliphatic rings. The van der Waals surface area contributed by atoms with E-state index in [4.69, 9.17) is 9.84 Å². The van der Waals surface area contributed by atoms with Crippen molar-refractivity contribution in [3.63, 3.8) is 0 Å². The Kier molecular flexibility index (Phi) is 3.86. The van der Waals surface area contributed by atoms with E-state index >= 15 is 0 Å². The van der Waals surface area contributed by atoms with E-state index in [1.165, 1.54) is 0 Å². The first-order valence-electron chi connectivity index (χ1n) is 4.78. The van der Waals surface area contributed by atoms with Crippen LogP contribution in [0.4, 0.5) is 0 Å². The maximum Gasteiger partial charge on any atom is 0.108 e. The molecule has 1 heterocycles. The van der Waals surface area contributed by atoms with Gasteiger partial charge in [0.2, 0.25) is 0 Å². The molecule has 0 saturated carbocycles. The Morgan fingerprint density at radius 3 is 2.21 bits per heavy atom. The molecule has 0 bridgehead atoms. The van der Waals surface area contributed by atoms with E-state index in [0.717, 1.165) is 0 Å². The SMILES string of the molecule is C[C@@H]1O[C@H](CO)C(O)C(N(C)C)C1O. The van der Waals surface area contributed by atoms with Crippen LogP contribution in [-0.4, -0.2) is 71.4 Å². The predicted octanol–water partition coefficient (Wildman–Crippen LogP) is -1.58. The van der Waals surface area contributed by atoms with Gasteiger partial charge in [-0.3, -0.25) is 0 Å². The largest absolute Gasteiger partial charge is 0.394 e. The summed E-state index contributed by atoms with van der Waals surface area (Å²) >= 11 is 0. The third-order valence-electron chi connectivity index (χ3n) is 2.73. The van der Waals surface area contributed by atoms with Crippen LogP contribution in [0.1, 0.15) is 6.92 Å². The summed E-state index contributed by atoms with van der Waals surface area (Å²) in [5, 5.41) is 28.6. The van der Waals surface area contributed by atoms with Gasteiger partial charge in [0.25, 0.3) is 0 Å². The van der Waals surface area contributed by atoms with Crippen LogP contribution in [0.25, 0.3) is 0 Å². The van der Waals surface area contributed by atoms with Gasteiger partial charge < -0.3 is 25.0 Å². The summed E-state index contributed by atoms with van der Waals surface area (Å²) in [6.45, 7) is 1.50. The Bertz CT molecular complexity index is 188. The van der Waals surface area contributed by atoms with Gasteiger partial charge in [0.1, 0.15) is 12.2 Å². The van der Waals surface area contributed by atoms with E-state index in [-0.39, 0.29) is 12.7 Å². The summed E-state index contributed by atoms with van der Waals surface area (Å²) in [7, 11) is 3.56. The lowest BCUT2D eigenvalue weighted by atomic mass is 9.92. The van der Waals surface area contributed by atoms with Gasteiger partial charge in [-0.05, 0) is 21.0 Å². The van der Waals surface area contributed by atoms with Crippen molar-refractivity contribution in [3.8, 4) is 0 Å². The number of ether oxygens (including phenoxy) is 1. The molecule has 0 aliphatic carbocycles. The number of rotatable bonds is 2. The summed E-state index contributed by atoms with van der Waals surface area (Å²) in [6, 6.07) is -0.393. The van der Waals surface area contributed by atoms with Crippen LogP contribution in [0.5, 0.6) is 0 Å². The molecule has 1 fully saturated rings. The highest BCUT2D eigenvalue weighted by Gasteiger charge is 2.43. The molecule has 14 heavy (non-hydrogen) atoms. The first kappa shape index (κ1) is 11.9. The molecule has 1 aliphatic heterocycles. The Hall–Kier alpha value is -0.200. The second kappa shape index (κ2) is 4.55. The standard InChI is InChI=1S/C9H19NO4/c1-5-8(12)7(10(2)3)9(13)6(4-11)14-5/h5-9,11-13H,4H2,1-3H3/t5-,6+,7?,8?,9?/m0/s1. The van der Waals surface area contributed by atoms with Crippen molar-refractivity contribution in [1.82, 2.24) is 4.90 Å². The zero-order chi connectivity index (χ0) is 10.9. The van der Waals surface area contributed by atoms with Gasteiger partial charge >= 0.3 is 0 Å². The third kappa shape index (κ3) is 2.07. The van der Waals surface area contributed by atoms with E-state index in [9.17, 15) is 10.2 Å². The van der Waals surface area contributed by atoms with Gasteiger partial charge in [0.05, 0.1) is 24.9 Å². The summed E-state index contributed by atoms with van der Waals surface area (Å²) in [5.41, 5.74) is 0. The van der Waals surface area contributed by atoms with Gasteiger partial charge in [0, 0.05) is 0 Å². The highest BCUT2D eigenvalue weighted by Crippen LogP contribution is 2.23. The first-order valence-corrected chi connectivity index (χ1v) is 4.78. The van der Waals surface area contributed by atoms with Gasteiger partial charge in [-0.15, -0.1) is 0 Å². The Labute approximate surface area is 83.9 Å². The molecular formula is C9H19NO4. The number of hydrogen-bond acceptors (Lipinski definition) is 5. The molecule has 0 aromatic carbocycles. The minimum absolute atomic E-state index is 0.234. The number of hydrogen-bond donors (Lipinski definition) is 3.